The normalized spacial score (nSPS) is 21.8. The van der Waals surface area contributed by atoms with Crippen molar-refractivity contribution in [2.24, 2.45) is 16.3 Å². The Morgan fingerprint density at radius 3 is 2.46 bits per heavy atom. The molecule has 4 rings (SSSR count). The minimum atomic E-state index is -0.329. The van der Waals surface area contributed by atoms with Gasteiger partial charge in [-0.2, -0.15) is 0 Å². The van der Waals surface area contributed by atoms with Crippen LogP contribution in [0.5, 0.6) is 0 Å². The smallest absolute Gasteiger partial charge is 0.231 e. The maximum Gasteiger partial charge on any atom is 0.231 e. The number of carbonyl (C=O) groups excluding carboxylic acids is 2. The molecule has 136 valence electrons. The molecule has 0 aromatic heterocycles. The van der Waals surface area contributed by atoms with E-state index in [4.69, 9.17) is 0 Å². The molecule has 2 amide bonds. The third kappa shape index (κ3) is 3.18. The summed E-state index contributed by atoms with van der Waals surface area (Å²) in [5.74, 6) is 1.40. The fraction of sp³-hybridized carbons (Fsp3) is 0.476. The van der Waals surface area contributed by atoms with Crippen LogP contribution in [0.2, 0.25) is 0 Å². The molecule has 0 unspecified atom stereocenters. The first-order valence-electron chi connectivity index (χ1n) is 9.48. The second-order valence-corrected chi connectivity index (χ2v) is 7.61. The number of aliphatic imine (C=N–C) groups is 1. The molecular weight excluding hydrogens is 326 g/mol. The molecule has 1 saturated carbocycles. The van der Waals surface area contributed by atoms with Crippen molar-refractivity contribution in [3.63, 3.8) is 0 Å². The topological polar surface area (TPSA) is 61.8 Å². The number of carbonyl (C=O) groups is 2. The fourth-order valence-electron chi connectivity index (χ4n) is 4.23. The maximum absolute atomic E-state index is 13.2. The number of nitrogens with one attached hydrogen (secondary N) is 1. The molecule has 2 aliphatic heterocycles. The highest BCUT2D eigenvalue weighted by molar-refractivity contribution is 6.05. The number of piperidine rings is 1. The number of nitrogens with zero attached hydrogens (tertiary/aromatic N) is 2. The highest BCUT2D eigenvalue weighted by Crippen LogP contribution is 2.51. The first-order chi connectivity index (χ1) is 12.6. The highest BCUT2D eigenvalue weighted by atomic mass is 16.2. The molecule has 1 aliphatic carbocycles. The van der Waals surface area contributed by atoms with E-state index in [2.05, 4.69) is 16.4 Å². The molecule has 2 heterocycles. The number of amides is 2. The lowest BCUT2D eigenvalue weighted by molar-refractivity contribution is -0.139. The van der Waals surface area contributed by atoms with Gasteiger partial charge in [0, 0.05) is 26.4 Å². The molecule has 1 saturated heterocycles. The van der Waals surface area contributed by atoms with E-state index in [1.807, 2.05) is 35.2 Å². The molecule has 0 spiro atoms. The van der Waals surface area contributed by atoms with Gasteiger partial charge < -0.3 is 10.2 Å². The quantitative estimate of drug-likeness (QED) is 0.910. The Morgan fingerprint density at radius 2 is 1.85 bits per heavy atom. The molecule has 1 aromatic rings. The fourth-order valence-corrected chi connectivity index (χ4v) is 4.23. The summed E-state index contributed by atoms with van der Waals surface area (Å²) in [5, 5.41) is 3.11. The van der Waals surface area contributed by atoms with Gasteiger partial charge in [0.25, 0.3) is 0 Å². The van der Waals surface area contributed by atoms with E-state index < -0.39 is 0 Å². The van der Waals surface area contributed by atoms with Gasteiger partial charge in [-0.3, -0.25) is 9.59 Å². The molecule has 5 nitrogen and oxygen atoms in total. The molecular formula is C21H25N3O2. The van der Waals surface area contributed by atoms with Crippen LogP contribution in [0.4, 0.5) is 0 Å². The van der Waals surface area contributed by atoms with E-state index in [9.17, 15) is 9.59 Å². The maximum atomic E-state index is 13.2. The predicted octanol–water partition coefficient (Wildman–Crippen LogP) is 2.98. The average Bonchev–Trinajstić information content (AvgIpc) is 3.42. The minimum Gasteiger partial charge on any atom is -0.343 e. The van der Waals surface area contributed by atoms with Crippen molar-refractivity contribution in [3.05, 3.63) is 42.0 Å². The van der Waals surface area contributed by atoms with Crippen LogP contribution in [-0.2, 0) is 9.59 Å². The van der Waals surface area contributed by atoms with Crippen LogP contribution in [0.1, 0.15) is 44.6 Å². The van der Waals surface area contributed by atoms with Crippen LogP contribution in [-0.4, -0.2) is 35.6 Å². The van der Waals surface area contributed by atoms with Crippen molar-refractivity contribution in [1.29, 1.82) is 0 Å². The Hall–Kier alpha value is -2.43. The van der Waals surface area contributed by atoms with Crippen LogP contribution in [0.25, 0.3) is 5.70 Å². The van der Waals surface area contributed by atoms with Gasteiger partial charge in [0.15, 0.2) is 0 Å². The van der Waals surface area contributed by atoms with Gasteiger partial charge in [-0.05, 0) is 37.2 Å². The lowest BCUT2D eigenvalue weighted by atomic mass is 9.73. The number of amidine groups is 1. The first kappa shape index (κ1) is 17.0. The number of likely N-dealkylation sites (tertiary alicyclic amines) is 1. The van der Waals surface area contributed by atoms with E-state index >= 15 is 0 Å². The van der Waals surface area contributed by atoms with Gasteiger partial charge in [0.2, 0.25) is 11.8 Å². The summed E-state index contributed by atoms with van der Waals surface area (Å²) in [6.07, 6.45) is 6.48. The van der Waals surface area contributed by atoms with Crippen LogP contribution in [0, 0.1) is 11.3 Å². The third-order valence-electron chi connectivity index (χ3n) is 5.98. The SMILES string of the molecule is CC(=O)N1CCC(C(=O)NC2=NC(c3ccccc3)=CC2)(C2CC2)CC1. The van der Waals surface area contributed by atoms with E-state index in [-0.39, 0.29) is 17.2 Å². The van der Waals surface area contributed by atoms with Crippen molar-refractivity contribution in [2.45, 2.75) is 39.0 Å². The van der Waals surface area contributed by atoms with Gasteiger partial charge >= 0.3 is 0 Å². The van der Waals surface area contributed by atoms with Gasteiger partial charge in [-0.25, -0.2) is 4.99 Å². The molecule has 26 heavy (non-hydrogen) atoms. The predicted molar refractivity (Wildman–Crippen MR) is 101 cm³/mol. The summed E-state index contributed by atoms with van der Waals surface area (Å²) in [7, 11) is 0. The monoisotopic (exact) mass is 351 g/mol. The third-order valence-corrected chi connectivity index (χ3v) is 5.98. The molecule has 1 N–H and O–H groups in total. The molecule has 2 fully saturated rings. The largest absolute Gasteiger partial charge is 0.343 e. The lowest BCUT2D eigenvalue weighted by Gasteiger charge is -2.40. The Labute approximate surface area is 154 Å². The zero-order valence-corrected chi connectivity index (χ0v) is 15.2. The summed E-state index contributed by atoms with van der Waals surface area (Å²) in [5.41, 5.74) is 1.67. The highest BCUT2D eigenvalue weighted by Gasteiger charge is 2.52. The average molecular weight is 351 g/mol. The van der Waals surface area contributed by atoms with Crippen LogP contribution >= 0.6 is 0 Å². The number of rotatable bonds is 3. The zero-order valence-electron chi connectivity index (χ0n) is 15.2. The molecule has 0 radical (unpaired) electrons. The second-order valence-electron chi connectivity index (χ2n) is 7.61. The zero-order chi connectivity index (χ0) is 18.1. The summed E-state index contributed by atoms with van der Waals surface area (Å²) >= 11 is 0. The Bertz CT molecular complexity index is 770. The Morgan fingerprint density at radius 1 is 1.15 bits per heavy atom. The van der Waals surface area contributed by atoms with E-state index in [1.165, 1.54) is 0 Å². The lowest BCUT2D eigenvalue weighted by Crippen LogP contribution is -2.52. The van der Waals surface area contributed by atoms with Crippen molar-refractivity contribution in [1.82, 2.24) is 10.2 Å². The second kappa shape index (κ2) is 6.71. The van der Waals surface area contributed by atoms with Gasteiger partial charge in [0.1, 0.15) is 5.84 Å². The van der Waals surface area contributed by atoms with E-state index in [1.54, 1.807) is 6.92 Å². The van der Waals surface area contributed by atoms with E-state index in [0.717, 1.165) is 42.8 Å². The molecule has 0 atom stereocenters. The molecule has 3 aliphatic rings. The van der Waals surface area contributed by atoms with Crippen molar-refractivity contribution >= 4 is 23.3 Å². The van der Waals surface area contributed by atoms with Gasteiger partial charge in [-0.15, -0.1) is 0 Å². The molecule has 0 bridgehead atoms. The summed E-state index contributed by atoms with van der Waals surface area (Å²) in [6.45, 7) is 2.97. The van der Waals surface area contributed by atoms with Crippen molar-refractivity contribution in [2.75, 3.05) is 13.1 Å². The standard InChI is InChI=1S/C21H25N3O2/c1-15(25)24-13-11-21(12-14-24,17-7-8-17)20(26)23-19-10-9-18(22-19)16-5-3-2-4-6-16/h2-6,9,17H,7-8,10-14H2,1H3,(H,22,23,26). The van der Waals surface area contributed by atoms with Crippen LogP contribution < -0.4 is 5.32 Å². The Balaban J connectivity index is 1.45. The van der Waals surface area contributed by atoms with Crippen molar-refractivity contribution in [3.8, 4) is 0 Å². The number of hydrogen-bond acceptors (Lipinski definition) is 3. The van der Waals surface area contributed by atoms with Gasteiger partial charge in [-0.1, -0.05) is 36.4 Å². The van der Waals surface area contributed by atoms with Crippen LogP contribution in [0.3, 0.4) is 0 Å². The van der Waals surface area contributed by atoms with E-state index in [0.29, 0.717) is 25.4 Å². The minimum absolute atomic E-state index is 0.102. The number of benzene rings is 1. The van der Waals surface area contributed by atoms with Gasteiger partial charge in [0.05, 0.1) is 11.1 Å². The number of hydrogen-bond donors (Lipinski definition) is 1. The summed E-state index contributed by atoms with van der Waals surface area (Å²) < 4.78 is 0. The first-order valence-corrected chi connectivity index (χ1v) is 9.48. The van der Waals surface area contributed by atoms with Crippen molar-refractivity contribution < 1.29 is 9.59 Å². The van der Waals surface area contributed by atoms with Crippen LogP contribution in [0.15, 0.2) is 41.4 Å². The summed E-state index contributed by atoms with van der Waals surface area (Å²) in [6, 6.07) is 10.0. The molecule has 1 aromatic carbocycles. The Kier molecular flexibility index (Phi) is 4.39. The summed E-state index contributed by atoms with van der Waals surface area (Å²) in [4.78, 5) is 31.3. The molecule has 5 heteroatoms.